The first-order chi connectivity index (χ1) is 8.34. The molecule has 2 unspecified atom stereocenters. The summed E-state index contributed by atoms with van der Waals surface area (Å²) >= 11 is 0. The van der Waals surface area contributed by atoms with Gasteiger partial charge in [-0.1, -0.05) is 45.0 Å². The van der Waals surface area contributed by atoms with E-state index in [1.807, 2.05) is 0 Å². The van der Waals surface area contributed by atoms with Gasteiger partial charge in [0.1, 0.15) is 0 Å². The molecule has 2 heteroatoms. The maximum atomic E-state index is 5.24. The lowest BCUT2D eigenvalue weighted by Crippen LogP contribution is -2.28. The number of methoxy groups -OCH3 is 1. The van der Waals surface area contributed by atoms with E-state index in [0.29, 0.717) is 6.04 Å². The van der Waals surface area contributed by atoms with Gasteiger partial charge in [0.2, 0.25) is 0 Å². The van der Waals surface area contributed by atoms with Crippen LogP contribution in [0.5, 0.6) is 0 Å². The zero-order valence-corrected chi connectivity index (χ0v) is 12.6. The fraction of sp³-hybridized carbons (Fsp3) is 0.625. The first-order valence-electron chi connectivity index (χ1n) is 6.71. The van der Waals surface area contributed by atoms with E-state index < -0.39 is 0 Å². The lowest BCUT2D eigenvalue weighted by atomic mass is 9.86. The molecule has 0 aliphatic heterocycles. The highest BCUT2D eigenvalue weighted by Crippen LogP contribution is 2.23. The minimum absolute atomic E-state index is 0.222. The molecule has 0 spiro atoms. The lowest BCUT2D eigenvalue weighted by Gasteiger charge is -2.21. The molecule has 0 aromatic heterocycles. The molecular weight excluding hydrogens is 222 g/mol. The Morgan fingerprint density at radius 1 is 1.11 bits per heavy atom. The normalized spacial score (nSPS) is 15.4. The Labute approximate surface area is 112 Å². The summed E-state index contributed by atoms with van der Waals surface area (Å²) < 4.78 is 5.24. The Kier molecular flexibility index (Phi) is 5.36. The minimum Gasteiger partial charge on any atom is -0.380 e. The van der Waals surface area contributed by atoms with Crippen molar-refractivity contribution in [2.24, 2.45) is 0 Å². The van der Waals surface area contributed by atoms with Crippen LogP contribution in [-0.2, 0) is 10.2 Å². The van der Waals surface area contributed by atoms with E-state index in [9.17, 15) is 0 Å². The summed E-state index contributed by atoms with van der Waals surface area (Å²) in [6.45, 7) is 11.9. The van der Waals surface area contributed by atoms with Gasteiger partial charge in [-0.3, -0.25) is 0 Å². The van der Waals surface area contributed by atoms with Crippen molar-refractivity contribution in [3.8, 4) is 0 Å². The molecule has 0 bridgehead atoms. The number of hydrogen-bond donors (Lipinski definition) is 1. The molecule has 0 radical (unpaired) electrons. The molecule has 1 N–H and O–H groups in total. The highest BCUT2D eigenvalue weighted by atomic mass is 16.5. The Balaban J connectivity index is 2.62. The van der Waals surface area contributed by atoms with Crippen molar-refractivity contribution in [3.63, 3.8) is 0 Å². The van der Waals surface area contributed by atoms with E-state index >= 15 is 0 Å². The molecular formula is C16H27NO. The number of ether oxygens (including phenoxy) is 1. The second-order valence-electron chi connectivity index (χ2n) is 6.05. The largest absolute Gasteiger partial charge is 0.380 e. The van der Waals surface area contributed by atoms with Crippen LogP contribution in [-0.4, -0.2) is 19.8 Å². The average Bonchev–Trinajstić information content (AvgIpc) is 2.34. The van der Waals surface area contributed by atoms with Crippen LogP contribution in [0.15, 0.2) is 24.3 Å². The molecule has 0 saturated carbocycles. The maximum absolute atomic E-state index is 5.24. The zero-order valence-electron chi connectivity index (χ0n) is 12.6. The Hall–Kier alpha value is -0.860. The van der Waals surface area contributed by atoms with E-state index in [4.69, 9.17) is 4.74 Å². The van der Waals surface area contributed by atoms with Crippen LogP contribution in [0.4, 0.5) is 0 Å². The lowest BCUT2D eigenvalue weighted by molar-refractivity contribution is 0.115. The molecule has 1 rings (SSSR count). The smallest absolute Gasteiger partial charge is 0.0667 e. The third-order valence-corrected chi connectivity index (χ3v) is 3.39. The van der Waals surface area contributed by atoms with Crippen LogP contribution >= 0.6 is 0 Å². The molecule has 1 aromatic rings. The Morgan fingerprint density at radius 3 is 2.11 bits per heavy atom. The molecule has 102 valence electrons. The van der Waals surface area contributed by atoms with Crippen LogP contribution in [0.25, 0.3) is 0 Å². The molecule has 0 amide bonds. The molecule has 1 aromatic carbocycles. The van der Waals surface area contributed by atoms with Gasteiger partial charge >= 0.3 is 0 Å². The van der Waals surface area contributed by atoms with E-state index in [1.54, 1.807) is 7.11 Å². The van der Waals surface area contributed by atoms with Gasteiger partial charge in [-0.25, -0.2) is 0 Å². The monoisotopic (exact) mass is 249 g/mol. The Morgan fingerprint density at radius 2 is 1.67 bits per heavy atom. The fourth-order valence-corrected chi connectivity index (χ4v) is 1.82. The predicted molar refractivity (Wildman–Crippen MR) is 78.0 cm³/mol. The van der Waals surface area contributed by atoms with Crippen molar-refractivity contribution in [2.45, 2.75) is 52.2 Å². The van der Waals surface area contributed by atoms with E-state index in [2.05, 4.69) is 64.2 Å². The van der Waals surface area contributed by atoms with Gasteiger partial charge in [0.15, 0.2) is 0 Å². The first-order valence-corrected chi connectivity index (χ1v) is 6.71. The summed E-state index contributed by atoms with van der Waals surface area (Å²) in [5.74, 6) is 0. The van der Waals surface area contributed by atoms with Crippen molar-refractivity contribution >= 4 is 0 Å². The SMILES string of the molecule is COC(C)CNC(C)c1ccc(C(C)(C)C)cc1. The van der Waals surface area contributed by atoms with Crippen molar-refractivity contribution in [1.82, 2.24) is 5.32 Å². The van der Waals surface area contributed by atoms with Gasteiger partial charge in [-0.2, -0.15) is 0 Å². The summed E-state index contributed by atoms with van der Waals surface area (Å²) in [5, 5.41) is 3.48. The molecule has 0 aliphatic carbocycles. The first kappa shape index (κ1) is 15.2. The summed E-state index contributed by atoms with van der Waals surface area (Å²) in [5.41, 5.74) is 2.93. The average molecular weight is 249 g/mol. The third kappa shape index (κ3) is 4.43. The van der Waals surface area contributed by atoms with E-state index in [1.165, 1.54) is 11.1 Å². The van der Waals surface area contributed by atoms with Crippen LogP contribution < -0.4 is 5.32 Å². The topological polar surface area (TPSA) is 21.3 Å². The third-order valence-electron chi connectivity index (χ3n) is 3.39. The molecule has 0 fully saturated rings. The van der Waals surface area contributed by atoms with Crippen LogP contribution in [0.1, 0.15) is 51.8 Å². The number of nitrogens with one attached hydrogen (secondary N) is 1. The van der Waals surface area contributed by atoms with Gasteiger partial charge in [-0.15, -0.1) is 0 Å². The second kappa shape index (κ2) is 6.35. The summed E-state index contributed by atoms with van der Waals surface area (Å²) in [7, 11) is 1.75. The molecule has 0 saturated heterocycles. The summed E-state index contributed by atoms with van der Waals surface area (Å²) in [6.07, 6.45) is 0.251. The molecule has 18 heavy (non-hydrogen) atoms. The van der Waals surface area contributed by atoms with Crippen LogP contribution in [0, 0.1) is 0 Å². The van der Waals surface area contributed by atoms with Crippen molar-refractivity contribution in [3.05, 3.63) is 35.4 Å². The van der Waals surface area contributed by atoms with Gasteiger partial charge in [0.25, 0.3) is 0 Å². The van der Waals surface area contributed by atoms with E-state index in [-0.39, 0.29) is 11.5 Å². The van der Waals surface area contributed by atoms with Gasteiger partial charge in [-0.05, 0) is 30.4 Å². The van der Waals surface area contributed by atoms with Crippen LogP contribution in [0.3, 0.4) is 0 Å². The van der Waals surface area contributed by atoms with Crippen molar-refractivity contribution < 1.29 is 4.74 Å². The fourth-order valence-electron chi connectivity index (χ4n) is 1.82. The highest BCUT2D eigenvalue weighted by Gasteiger charge is 2.14. The number of benzene rings is 1. The quantitative estimate of drug-likeness (QED) is 0.859. The molecule has 2 nitrogen and oxygen atoms in total. The van der Waals surface area contributed by atoms with E-state index in [0.717, 1.165) is 6.54 Å². The highest BCUT2D eigenvalue weighted by molar-refractivity contribution is 5.28. The molecule has 2 atom stereocenters. The minimum atomic E-state index is 0.222. The molecule has 0 heterocycles. The number of rotatable bonds is 5. The van der Waals surface area contributed by atoms with Crippen molar-refractivity contribution in [1.29, 1.82) is 0 Å². The predicted octanol–water partition coefficient (Wildman–Crippen LogP) is 3.67. The summed E-state index contributed by atoms with van der Waals surface area (Å²) in [4.78, 5) is 0. The zero-order chi connectivity index (χ0) is 13.8. The van der Waals surface area contributed by atoms with Gasteiger partial charge in [0.05, 0.1) is 6.10 Å². The standard InChI is InChI=1S/C16H27NO/c1-12(18-6)11-17-13(2)14-7-9-15(10-8-14)16(3,4)5/h7-10,12-13,17H,11H2,1-6H3. The molecule has 0 aliphatic rings. The second-order valence-corrected chi connectivity index (χ2v) is 6.05. The van der Waals surface area contributed by atoms with Crippen LogP contribution in [0.2, 0.25) is 0 Å². The summed E-state index contributed by atoms with van der Waals surface area (Å²) in [6, 6.07) is 9.25. The van der Waals surface area contributed by atoms with Gasteiger partial charge in [0, 0.05) is 19.7 Å². The maximum Gasteiger partial charge on any atom is 0.0667 e. The van der Waals surface area contributed by atoms with Gasteiger partial charge < -0.3 is 10.1 Å². The Bertz CT molecular complexity index is 350. The van der Waals surface area contributed by atoms with Crippen molar-refractivity contribution in [2.75, 3.05) is 13.7 Å². The number of hydrogen-bond acceptors (Lipinski definition) is 2.